The van der Waals surface area contributed by atoms with Gasteiger partial charge in [0.2, 0.25) is 5.13 Å². The molecule has 0 bridgehead atoms. The second-order valence-corrected chi connectivity index (χ2v) is 7.31. The zero-order valence-electron chi connectivity index (χ0n) is 16.9. The van der Waals surface area contributed by atoms with E-state index in [1.165, 1.54) is 22.7 Å². The molecule has 0 saturated carbocycles. The molecule has 1 aliphatic rings. The molecule has 0 unspecified atom stereocenters. The minimum absolute atomic E-state index is 0. The van der Waals surface area contributed by atoms with E-state index in [4.69, 9.17) is 4.74 Å². The van der Waals surface area contributed by atoms with Crippen LogP contribution in [0.1, 0.15) is 23.9 Å². The Hall–Kier alpha value is -1.62. The Morgan fingerprint density at radius 3 is 2.61 bits per heavy atom. The largest absolute Gasteiger partial charge is 0.497 e. The van der Waals surface area contributed by atoms with Crippen molar-refractivity contribution in [1.29, 1.82) is 0 Å². The van der Waals surface area contributed by atoms with Gasteiger partial charge in [-0.05, 0) is 30.2 Å². The number of piperazine rings is 1. The Labute approximate surface area is 188 Å². The van der Waals surface area contributed by atoms with Crippen LogP contribution in [0.5, 0.6) is 5.75 Å². The molecule has 7 nitrogen and oxygen atoms in total. The lowest BCUT2D eigenvalue weighted by molar-refractivity contribution is 0.372. The molecule has 9 heteroatoms. The number of benzene rings is 1. The first-order valence-corrected chi connectivity index (χ1v) is 10.1. The van der Waals surface area contributed by atoms with Crippen LogP contribution in [-0.2, 0) is 13.0 Å². The minimum atomic E-state index is 0. The second kappa shape index (κ2) is 10.8. The third-order valence-electron chi connectivity index (χ3n) is 4.63. The fraction of sp³-hybridized carbons (Fsp3) is 0.526. The Bertz CT molecular complexity index is 788. The molecule has 1 aliphatic heterocycles. The fourth-order valence-corrected chi connectivity index (χ4v) is 3.99. The van der Waals surface area contributed by atoms with Gasteiger partial charge in [-0.15, -0.1) is 24.0 Å². The van der Waals surface area contributed by atoms with E-state index in [0.717, 1.165) is 61.8 Å². The maximum atomic E-state index is 5.36. The molecule has 0 radical (unpaired) electrons. The van der Waals surface area contributed by atoms with Crippen molar-refractivity contribution in [1.82, 2.24) is 19.6 Å². The lowest BCUT2D eigenvalue weighted by Crippen LogP contribution is -2.52. The van der Waals surface area contributed by atoms with Crippen molar-refractivity contribution in [2.24, 2.45) is 4.99 Å². The van der Waals surface area contributed by atoms with Crippen LogP contribution >= 0.6 is 35.5 Å². The maximum Gasteiger partial charge on any atom is 0.205 e. The number of ether oxygens (including phenoxy) is 1. The first-order valence-electron chi connectivity index (χ1n) is 9.30. The molecule has 0 amide bonds. The Kier molecular flexibility index (Phi) is 8.74. The highest BCUT2D eigenvalue weighted by Gasteiger charge is 2.22. The molecule has 28 heavy (non-hydrogen) atoms. The number of aromatic nitrogens is 2. The lowest BCUT2D eigenvalue weighted by Gasteiger charge is -2.36. The summed E-state index contributed by atoms with van der Waals surface area (Å²) in [6.45, 7) is 8.58. The number of hydrogen-bond acceptors (Lipinski definition) is 6. The van der Waals surface area contributed by atoms with E-state index in [1.54, 1.807) is 7.11 Å². The van der Waals surface area contributed by atoms with Crippen LogP contribution in [0.3, 0.4) is 0 Å². The first kappa shape index (κ1) is 22.7. The van der Waals surface area contributed by atoms with Crippen LogP contribution in [0.4, 0.5) is 5.13 Å². The summed E-state index contributed by atoms with van der Waals surface area (Å²) in [6, 6.07) is 6.27. The van der Waals surface area contributed by atoms with Gasteiger partial charge in [0, 0.05) is 57.7 Å². The van der Waals surface area contributed by atoms with Crippen LogP contribution in [0.15, 0.2) is 23.2 Å². The molecule has 0 atom stereocenters. The molecular formula is C19H29IN6OS. The highest BCUT2D eigenvalue weighted by molar-refractivity contribution is 14.0. The van der Waals surface area contributed by atoms with E-state index in [0.29, 0.717) is 0 Å². The van der Waals surface area contributed by atoms with Crippen molar-refractivity contribution in [2.75, 3.05) is 45.2 Å². The van der Waals surface area contributed by atoms with Crippen molar-refractivity contribution in [3.8, 4) is 5.75 Å². The number of guanidine groups is 1. The van der Waals surface area contributed by atoms with Gasteiger partial charge in [0.1, 0.15) is 11.6 Å². The molecular weight excluding hydrogens is 487 g/mol. The number of hydrogen-bond donors (Lipinski definition) is 1. The summed E-state index contributed by atoms with van der Waals surface area (Å²) >= 11 is 1.50. The molecule has 2 aromatic rings. The quantitative estimate of drug-likeness (QED) is 0.375. The number of anilines is 1. The third-order valence-corrected chi connectivity index (χ3v) is 5.45. The molecule has 0 spiro atoms. The van der Waals surface area contributed by atoms with E-state index in [-0.39, 0.29) is 24.0 Å². The SMILES string of the molecule is CCc1nsc(N2CCN(C(=NC)NCc3cc(C)cc(OC)c3)CC2)n1.I. The van der Waals surface area contributed by atoms with Crippen LogP contribution in [0, 0.1) is 6.92 Å². The zero-order chi connectivity index (χ0) is 19.2. The highest BCUT2D eigenvalue weighted by Crippen LogP contribution is 2.19. The molecule has 0 aliphatic carbocycles. The van der Waals surface area contributed by atoms with Crippen LogP contribution in [0.25, 0.3) is 0 Å². The number of nitrogens with one attached hydrogen (secondary N) is 1. The van der Waals surface area contributed by atoms with Crippen molar-refractivity contribution in [3.63, 3.8) is 0 Å². The van der Waals surface area contributed by atoms with Crippen molar-refractivity contribution in [2.45, 2.75) is 26.8 Å². The summed E-state index contributed by atoms with van der Waals surface area (Å²) in [4.78, 5) is 13.7. The molecule has 1 N–H and O–H groups in total. The fourth-order valence-electron chi connectivity index (χ4n) is 3.18. The smallest absolute Gasteiger partial charge is 0.205 e. The summed E-state index contributed by atoms with van der Waals surface area (Å²) in [5, 5.41) is 4.51. The van der Waals surface area contributed by atoms with E-state index in [2.05, 4.69) is 55.4 Å². The Morgan fingerprint density at radius 2 is 2.00 bits per heavy atom. The monoisotopic (exact) mass is 516 g/mol. The topological polar surface area (TPSA) is 65.9 Å². The Morgan fingerprint density at radius 1 is 1.25 bits per heavy atom. The van der Waals surface area contributed by atoms with Gasteiger partial charge in [-0.1, -0.05) is 13.0 Å². The van der Waals surface area contributed by atoms with E-state index in [9.17, 15) is 0 Å². The van der Waals surface area contributed by atoms with Gasteiger partial charge >= 0.3 is 0 Å². The van der Waals surface area contributed by atoms with Gasteiger partial charge in [0.25, 0.3) is 0 Å². The molecule has 3 rings (SSSR count). The second-order valence-electron chi connectivity index (χ2n) is 6.58. The predicted octanol–water partition coefficient (Wildman–Crippen LogP) is 2.93. The van der Waals surface area contributed by atoms with Gasteiger partial charge in [0.05, 0.1) is 7.11 Å². The standard InChI is InChI=1S/C19H28N6OS.HI/c1-5-17-22-19(27-23-17)25-8-6-24(7-9-25)18(20-3)21-13-15-10-14(2)11-16(12-15)26-4;/h10-12H,5-9,13H2,1-4H3,(H,20,21);1H. The van der Waals surface area contributed by atoms with Crippen molar-refractivity contribution < 1.29 is 4.74 Å². The number of aryl methyl sites for hydroxylation is 2. The number of halogens is 1. The van der Waals surface area contributed by atoms with Gasteiger partial charge in [-0.3, -0.25) is 4.99 Å². The number of aliphatic imine (C=N–C) groups is 1. The van der Waals surface area contributed by atoms with Crippen LogP contribution in [-0.4, -0.2) is 60.6 Å². The number of rotatable bonds is 5. The molecule has 1 fully saturated rings. The average Bonchev–Trinajstić information content (AvgIpc) is 3.18. The summed E-state index contributed by atoms with van der Waals surface area (Å²) in [5.74, 6) is 2.75. The normalized spacial score (nSPS) is 14.6. The lowest BCUT2D eigenvalue weighted by atomic mass is 10.1. The number of nitrogens with zero attached hydrogens (tertiary/aromatic N) is 5. The van der Waals surface area contributed by atoms with Crippen molar-refractivity contribution >= 4 is 46.6 Å². The minimum Gasteiger partial charge on any atom is -0.497 e. The first-order chi connectivity index (χ1) is 13.1. The van der Waals surface area contributed by atoms with Crippen LogP contribution in [0.2, 0.25) is 0 Å². The number of methoxy groups -OCH3 is 1. The molecule has 154 valence electrons. The van der Waals surface area contributed by atoms with Gasteiger partial charge < -0.3 is 19.9 Å². The molecule has 2 heterocycles. The van der Waals surface area contributed by atoms with E-state index in [1.807, 2.05) is 13.1 Å². The van der Waals surface area contributed by atoms with E-state index >= 15 is 0 Å². The summed E-state index contributed by atoms with van der Waals surface area (Å²) in [7, 11) is 3.54. The van der Waals surface area contributed by atoms with Crippen molar-refractivity contribution in [3.05, 3.63) is 35.2 Å². The molecule has 1 aromatic heterocycles. The third kappa shape index (κ3) is 5.69. The Balaban J connectivity index is 0.00000280. The predicted molar refractivity (Wildman–Crippen MR) is 126 cm³/mol. The summed E-state index contributed by atoms with van der Waals surface area (Å²) in [5.41, 5.74) is 2.38. The van der Waals surface area contributed by atoms with Crippen LogP contribution < -0.4 is 15.0 Å². The van der Waals surface area contributed by atoms with Gasteiger partial charge in [-0.25, -0.2) is 4.98 Å². The highest BCUT2D eigenvalue weighted by atomic mass is 127. The molecule has 1 saturated heterocycles. The molecule has 1 aromatic carbocycles. The van der Waals surface area contributed by atoms with Gasteiger partial charge in [0.15, 0.2) is 5.96 Å². The average molecular weight is 516 g/mol. The summed E-state index contributed by atoms with van der Waals surface area (Å²) < 4.78 is 9.76. The summed E-state index contributed by atoms with van der Waals surface area (Å²) in [6.07, 6.45) is 0.886. The zero-order valence-corrected chi connectivity index (χ0v) is 20.1. The van der Waals surface area contributed by atoms with Gasteiger partial charge in [-0.2, -0.15) is 4.37 Å². The van der Waals surface area contributed by atoms with E-state index < -0.39 is 0 Å². The maximum absolute atomic E-state index is 5.36.